The molecule has 0 bridgehead atoms. The van der Waals surface area contributed by atoms with E-state index in [2.05, 4.69) is 20.5 Å². The second-order valence-corrected chi connectivity index (χ2v) is 4.85. The fourth-order valence-electron chi connectivity index (χ4n) is 2.22. The number of aromatic nitrogens is 3. The number of benzene rings is 1. The first-order chi connectivity index (χ1) is 10.6. The Hall–Kier alpha value is -3.15. The van der Waals surface area contributed by atoms with Crippen LogP contribution in [-0.2, 0) is 0 Å². The summed E-state index contributed by atoms with van der Waals surface area (Å²) in [5, 5.41) is 9.91. The molecule has 1 aromatic carbocycles. The summed E-state index contributed by atoms with van der Waals surface area (Å²) >= 11 is 0. The molecule has 1 amide bonds. The van der Waals surface area contributed by atoms with Crippen LogP contribution in [0.2, 0.25) is 0 Å². The number of anilines is 2. The van der Waals surface area contributed by atoms with Gasteiger partial charge in [0.15, 0.2) is 5.82 Å². The predicted octanol–water partition coefficient (Wildman–Crippen LogP) is 2.62. The van der Waals surface area contributed by atoms with E-state index in [4.69, 9.17) is 5.73 Å². The fraction of sp³-hybridized carbons (Fsp3) is 0.0625. The molecule has 3 rings (SSSR count). The lowest BCUT2D eigenvalue weighted by molar-refractivity contribution is 0.100. The number of rotatable bonds is 4. The van der Waals surface area contributed by atoms with Gasteiger partial charge in [-0.3, -0.25) is 14.9 Å². The van der Waals surface area contributed by atoms with E-state index < -0.39 is 5.91 Å². The highest BCUT2D eigenvalue weighted by Crippen LogP contribution is 2.23. The van der Waals surface area contributed by atoms with E-state index in [1.807, 2.05) is 42.5 Å². The van der Waals surface area contributed by atoms with Crippen molar-refractivity contribution < 1.29 is 4.79 Å². The second-order valence-electron chi connectivity index (χ2n) is 4.85. The van der Waals surface area contributed by atoms with Gasteiger partial charge in [0.25, 0.3) is 5.91 Å². The zero-order chi connectivity index (χ0) is 15.5. The first-order valence-corrected chi connectivity index (χ1v) is 6.78. The van der Waals surface area contributed by atoms with Crippen LogP contribution in [0.3, 0.4) is 0 Å². The van der Waals surface area contributed by atoms with E-state index in [0.29, 0.717) is 17.1 Å². The molecule has 6 heteroatoms. The molecule has 4 N–H and O–H groups in total. The van der Waals surface area contributed by atoms with Gasteiger partial charge in [-0.05, 0) is 31.2 Å². The number of nitrogens with zero attached hydrogens (tertiary/aromatic N) is 2. The van der Waals surface area contributed by atoms with Crippen LogP contribution in [-0.4, -0.2) is 21.1 Å². The summed E-state index contributed by atoms with van der Waals surface area (Å²) in [4.78, 5) is 15.8. The van der Waals surface area contributed by atoms with Crippen molar-refractivity contribution in [2.45, 2.75) is 6.92 Å². The molecule has 0 saturated heterocycles. The molecule has 0 spiro atoms. The summed E-state index contributed by atoms with van der Waals surface area (Å²) in [5.74, 6) is -0.0885. The molecule has 22 heavy (non-hydrogen) atoms. The van der Waals surface area contributed by atoms with Gasteiger partial charge in [0, 0.05) is 23.1 Å². The van der Waals surface area contributed by atoms with Crippen molar-refractivity contribution in [2.75, 3.05) is 5.32 Å². The van der Waals surface area contributed by atoms with E-state index in [1.54, 1.807) is 13.1 Å². The average Bonchev–Trinajstić information content (AvgIpc) is 2.90. The highest BCUT2D eigenvalue weighted by atomic mass is 16.1. The van der Waals surface area contributed by atoms with Crippen molar-refractivity contribution in [3.8, 4) is 11.3 Å². The maximum Gasteiger partial charge on any atom is 0.254 e. The lowest BCUT2D eigenvalue weighted by Crippen LogP contribution is -2.13. The van der Waals surface area contributed by atoms with Gasteiger partial charge in [0.2, 0.25) is 0 Å². The third-order valence-electron chi connectivity index (χ3n) is 3.30. The van der Waals surface area contributed by atoms with Crippen LogP contribution in [0.15, 0.2) is 48.7 Å². The SMILES string of the molecule is Cc1[nH]nc(Nc2ccc(-c3ccccn3)cc2)c1C(N)=O. The molecule has 110 valence electrons. The number of aryl methyl sites for hydroxylation is 1. The molecule has 0 radical (unpaired) electrons. The summed E-state index contributed by atoms with van der Waals surface area (Å²) in [5.41, 5.74) is 9.11. The number of pyridine rings is 1. The second kappa shape index (κ2) is 5.69. The van der Waals surface area contributed by atoms with E-state index >= 15 is 0 Å². The number of primary amides is 1. The Labute approximate surface area is 127 Å². The van der Waals surface area contributed by atoms with Crippen molar-refractivity contribution >= 4 is 17.4 Å². The number of hydrogen-bond acceptors (Lipinski definition) is 4. The first-order valence-electron chi connectivity index (χ1n) is 6.78. The topological polar surface area (TPSA) is 96.7 Å². The molecule has 0 fully saturated rings. The number of nitrogens with one attached hydrogen (secondary N) is 2. The van der Waals surface area contributed by atoms with Gasteiger partial charge in [0.1, 0.15) is 5.56 Å². The first kappa shape index (κ1) is 13.8. The molecule has 0 aliphatic carbocycles. The molecule has 0 saturated carbocycles. The predicted molar refractivity (Wildman–Crippen MR) is 84.8 cm³/mol. The third-order valence-corrected chi connectivity index (χ3v) is 3.30. The number of carbonyl (C=O) groups is 1. The smallest absolute Gasteiger partial charge is 0.254 e. The minimum atomic E-state index is -0.515. The monoisotopic (exact) mass is 293 g/mol. The summed E-state index contributed by atoms with van der Waals surface area (Å²) in [6.07, 6.45) is 1.76. The minimum absolute atomic E-state index is 0.369. The van der Waals surface area contributed by atoms with Gasteiger partial charge in [-0.1, -0.05) is 18.2 Å². The standard InChI is InChI=1S/C16H15N5O/c1-10-14(15(17)22)16(21-20-10)19-12-7-5-11(6-8-12)13-4-2-3-9-18-13/h2-9H,1H3,(H2,17,22)(H2,19,20,21). The van der Waals surface area contributed by atoms with Gasteiger partial charge in [-0.25, -0.2) is 0 Å². The maximum atomic E-state index is 11.4. The summed E-state index contributed by atoms with van der Waals surface area (Å²) in [6, 6.07) is 13.5. The number of H-pyrrole nitrogens is 1. The molecule has 0 aliphatic heterocycles. The number of carbonyl (C=O) groups excluding carboxylic acids is 1. The van der Waals surface area contributed by atoms with Gasteiger partial charge < -0.3 is 11.1 Å². The van der Waals surface area contributed by atoms with Crippen LogP contribution in [0.5, 0.6) is 0 Å². The maximum absolute atomic E-state index is 11.4. The van der Waals surface area contributed by atoms with Crippen molar-refractivity contribution in [3.05, 3.63) is 59.9 Å². The Balaban J connectivity index is 1.84. The van der Waals surface area contributed by atoms with Crippen molar-refractivity contribution in [1.82, 2.24) is 15.2 Å². The number of nitrogens with two attached hydrogens (primary N) is 1. The van der Waals surface area contributed by atoms with Crippen LogP contribution in [0, 0.1) is 6.92 Å². The largest absolute Gasteiger partial charge is 0.365 e. The fourth-order valence-corrected chi connectivity index (χ4v) is 2.22. The average molecular weight is 293 g/mol. The quantitative estimate of drug-likeness (QED) is 0.689. The van der Waals surface area contributed by atoms with Gasteiger partial charge in [-0.15, -0.1) is 0 Å². The van der Waals surface area contributed by atoms with Gasteiger partial charge in [0.05, 0.1) is 5.69 Å². The van der Waals surface area contributed by atoms with E-state index in [1.165, 1.54) is 0 Å². The Morgan fingerprint density at radius 2 is 1.95 bits per heavy atom. The lowest BCUT2D eigenvalue weighted by Gasteiger charge is -2.06. The number of amides is 1. The molecule has 6 nitrogen and oxygen atoms in total. The van der Waals surface area contributed by atoms with Crippen molar-refractivity contribution in [2.24, 2.45) is 5.73 Å². The van der Waals surface area contributed by atoms with Crippen molar-refractivity contribution in [3.63, 3.8) is 0 Å². The van der Waals surface area contributed by atoms with Gasteiger partial charge in [-0.2, -0.15) is 5.10 Å². The van der Waals surface area contributed by atoms with E-state index in [0.717, 1.165) is 16.9 Å². The van der Waals surface area contributed by atoms with Crippen LogP contribution >= 0.6 is 0 Å². The van der Waals surface area contributed by atoms with Crippen LogP contribution in [0.25, 0.3) is 11.3 Å². The summed E-state index contributed by atoms with van der Waals surface area (Å²) < 4.78 is 0. The van der Waals surface area contributed by atoms with Crippen LogP contribution in [0.4, 0.5) is 11.5 Å². The third kappa shape index (κ3) is 2.67. The number of hydrogen-bond donors (Lipinski definition) is 3. The lowest BCUT2D eigenvalue weighted by atomic mass is 10.1. The Kier molecular flexibility index (Phi) is 3.57. The highest BCUT2D eigenvalue weighted by molar-refractivity contribution is 5.99. The minimum Gasteiger partial charge on any atom is -0.365 e. The molecule has 3 aromatic rings. The highest BCUT2D eigenvalue weighted by Gasteiger charge is 2.15. The molecule has 0 atom stereocenters. The summed E-state index contributed by atoms with van der Waals surface area (Å²) in [7, 11) is 0. The molecule has 2 heterocycles. The van der Waals surface area contributed by atoms with Crippen molar-refractivity contribution in [1.29, 1.82) is 0 Å². The zero-order valence-corrected chi connectivity index (χ0v) is 12.0. The van der Waals surface area contributed by atoms with E-state index in [-0.39, 0.29) is 0 Å². The molecule has 0 aliphatic rings. The Morgan fingerprint density at radius 1 is 1.18 bits per heavy atom. The van der Waals surface area contributed by atoms with Crippen LogP contribution < -0.4 is 11.1 Å². The Morgan fingerprint density at radius 3 is 2.59 bits per heavy atom. The van der Waals surface area contributed by atoms with Gasteiger partial charge >= 0.3 is 0 Å². The molecular weight excluding hydrogens is 278 g/mol. The zero-order valence-electron chi connectivity index (χ0n) is 12.0. The number of aromatic amines is 1. The molecular formula is C16H15N5O. The van der Waals surface area contributed by atoms with Crippen LogP contribution in [0.1, 0.15) is 16.1 Å². The normalized spacial score (nSPS) is 10.4. The summed E-state index contributed by atoms with van der Waals surface area (Å²) in [6.45, 7) is 1.75. The Bertz CT molecular complexity index is 793. The molecule has 2 aromatic heterocycles. The molecule has 0 unspecified atom stereocenters. The van der Waals surface area contributed by atoms with E-state index in [9.17, 15) is 4.79 Å².